The topological polar surface area (TPSA) is 17.1 Å². The molecule has 7 heavy (non-hydrogen) atoms. The molecule has 39 valence electrons. The Hall–Kier alpha value is -0.240. The highest BCUT2D eigenvalue weighted by Crippen LogP contribution is 1.84. The molecule has 0 amide bonds. The molecule has 0 aromatic heterocycles. The molecule has 0 aliphatic carbocycles. The Morgan fingerprint density at radius 2 is 2.43 bits per heavy atom. The van der Waals surface area contributed by atoms with Gasteiger partial charge in [-0.05, 0) is 13.3 Å². The summed E-state index contributed by atoms with van der Waals surface area (Å²) in [6.45, 7) is 1.55. The van der Waals surface area contributed by atoms with Gasteiger partial charge in [-0.15, -0.1) is 0 Å². The number of ketones is 1. The van der Waals surface area contributed by atoms with Crippen LogP contribution < -0.4 is 0 Å². The molecule has 2 heteroatoms. The summed E-state index contributed by atoms with van der Waals surface area (Å²) in [6, 6.07) is 0. The molecule has 0 unspecified atom stereocenters. The monoisotopic (exact) mass is 115 g/mol. The highest BCUT2D eigenvalue weighted by Gasteiger charge is 1.86. The molecule has 0 spiro atoms. The first-order valence-electron chi connectivity index (χ1n) is 2.12. The molecule has 0 saturated heterocycles. The Bertz CT molecular complexity index is 78.1. The quantitative estimate of drug-likeness (QED) is 0.515. The Balaban J connectivity index is 2.97. The molecule has 0 fully saturated rings. The minimum atomic E-state index is 0.178. The van der Waals surface area contributed by atoms with Crippen LogP contribution in [-0.4, -0.2) is 11.2 Å². The molecule has 0 aromatic carbocycles. The third-order valence-electron chi connectivity index (χ3n) is 0.579. The maximum atomic E-state index is 10.1. The van der Waals surface area contributed by atoms with Gasteiger partial charge < -0.3 is 4.79 Å². The van der Waals surface area contributed by atoms with E-state index in [1.807, 2.05) is 0 Å². The predicted molar refractivity (Wildman–Crippen MR) is 32.5 cm³/mol. The highest BCUT2D eigenvalue weighted by atomic mass is 32.1. The lowest BCUT2D eigenvalue weighted by Gasteiger charge is -1.81. The van der Waals surface area contributed by atoms with Crippen LogP contribution in [0.15, 0.2) is 0 Å². The van der Waals surface area contributed by atoms with E-state index in [2.05, 4.69) is 17.6 Å². The standard InChI is InChI=1S/C5H7OS/c1-5(6)3-2-4-7/h2-3H2,1H3. The second kappa shape index (κ2) is 3.93. The number of rotatable bonds is 3. The average molecular weight is 115 g/mol. The van der Waals surface area contributed by atoms with Crippen molar-refractivity contribution in [1.29, 1.82) is 0 Å². The summed E-state index contributed by atoms with van der Waals surface area (Å²) in [5.41, 5.74) is 0. The highest BCUT2D eigenvalue weighted by molar-refractivity contribution is 7.78. The van der Waals surface area contributed by atoms with Crippen molar-refractivity contribution in [3.63, 3.8) is 0 Å². The largest absolute Gasteiger partial charge is 0.300 e. The Kier molecular flexibility index (Phi) is 3.80. The van der Waals surface area contributed by atoms with Gasteiger partial charge in [-0.2, -0.15) is 0 Å². The number of hydrogen-bond acceptors (Lipinski definition) is 2. The number of carbonyl (C=O) groups excluding carboxylic acids is 1. The summed E-state index contributed by atoms with van der Waals surface area (Å²) in [5, 5.41) is 2.46. The van der Waals surface area contributed by atoms with E-state index >= 15 is 0 Å². The van der Waals surface area contributed by atoms with Crippen LogP contribution in [0.1, 0.15) is 19.8 Å². The summed E-state index contributed by atoms with van der Waals surface area (Å²) >= 11 is 4.37. The molecule has 0 rings (SSSR count). The maximum Gasteiger partial charge on any atom is 0.130 e. The number of Topliss-reactive ketones (excluding diaryl/α,β-unsaturated/α-hetero) is 1. The zero-order chi connectivity index (χ0) is 5.70. The average Bonchev–Trinajstić information content (AvgIpc) is 1.61. The first-order valence-corrected chi connectivity index (χ1v) is 2.52. The molecular formula is C5H7OS. The minimum absolute atomic E-state index is 0.178. The Morgan fingerprint density at radius 3 is 2.57 bits per heavy atom. The fourth-order valence-corrected chi connectivity index (χ4v) is 0.329. The van der Waals surface area contributed by atoms with Crippen LogP contribution >= 0.6 is 12.2 Å². The third kappa shape index (κ3) is 5.76. The van der Waals surface area contributed by atoms with E-state index in [-0.39, 0.29) is 5.78 Å². The van der Waals surface area contributed by atoms with Crippen LogP contribution in [0.3, 0.4) is 0 Å². The lowest BCUT2D eigenvalue weighted by atomic mass is 10.3. The van der Waals surface area contributed by atoms with Crippen LogP contribution in [-0.2, 0) is 4.79 Å². The summed E-state index contributed by atoms with van der Waals surface area (Å²) in [5.74, 6) is 0.178. The summed E-state index contributed by atoms with van der Waals surface area (Å²) in [6.07, 6.45) is 1.16. The number of carbonyl (C=O) groups is 1. The van der Waals surface area contributed by atoms with Gasteiger partial charge in [0.2, 0.25) is 0 Å². The van der Waals surface area contributed by atoms with Crippen molar-refractivity contribution in [2.75, 3.05) is 0 Å². The second-order valence-electron chi connectivity index (χ2n) is 1.35. The first kappa shape index (κ1) is 6.76. The van der Waals surface area contributed by atoms with E-state index in [0.717, 1.165) is 0 Å². The third-order valence-corrected chi connectivity index (χ3v) is 0.783. The van der Waals surface area contributed by atoms with Gasteiger partial charge in [0, 0.05) is 11.8 Å². The summed E-state index contributed by atoms with van der Waals surface area (Å²) in [4.78, 5) is 10.1. The lowest BCUT2D eigenvalue weighted by molar-refractivity contribution is -0.116. The Morgan fingerprint density at radius 1 is 1.86 bits per heavy atom. The van der Waals surface area contributed by atoms with Crippen molar-refractivity contribution in [2.45, 2.75) is 19.8 Å². The van der Waals surface area contributed by atoms with Gasteiger partial charge in [0.15, 0.2) is 0 Å². The van der Waals surface area contributed by atoms with Gasteiger partial charge in [0.1, 0.15) is 5.78 Å². The van der Waals surface area contributed by atoms with Crippen LogP contribution in [0.4, 0.5) is 0 Å². The lowest BCUT2D eigenvalue weighted by Crippen LogP contribution is -1.87. The van der Waals surface area contributed by atoms with Crippen molar-refractivity contribution >= 4 is 23.4 Å². The fourth-order valence-electron chi connectivity index (χ4n) is 0.227. The van der Waals surface area contributed by atoms with Gasteiger partial charge in [-0.1, -0.05) is 12.2 Å². The zero-order valence-electron chi connectivity index (χ0n) is 4.23. The molecule has 0 aromatic rings. The van der Waals surface area contributed by atoms with Gasteiger partial charge in [-0.3, -0.25) is 0 Å². The smallest absolute Gasteiger partial charge is 0.130 e. The molecule has 0 atom stereocenters. The molecule has 0 aliphatic rings. The van der Waals surface area contributed by atoms with E-state index < -0.39 is 0 Å². The molecule has 0 saturated carbocycles. The van der Waals surface area contributed by atoms with E-state index in [1.54, 1.807) is 6.92 Å². The van der Waals surface area contributed by atoms with Gasteiger partial charge in [0.25, 0.3) is 0 Å². The predicted octanol–water partition coefficient (Wildman–Crippen LogP) is 1.23. The minimum Gasteiger partial charge on any atom is -0.300 e. The van der Waals surface area contributed by atoms with Crippen molar-refractivity contribution < 1.29 is 4.79 Å². The van der Waals surface area contributed by atoms with Gasteiger partial charge in [0.05, 0.1) is 0 Å². The zero-order valence-corrected chi connectivity index (χ0v) is 5.05. The molecular weight excluding hydrogens is 108 g/mol. The second-order valence-corrected chi connectivity index (χ2v) is 1.64. The molecule has 1 radical (unpaired) electrons. The first-order chi connectivity index (χ1) is 3.27. The molecule has 0 heterocycles. The van der Waals surface area contributed by atoms with Crippen LogP contribution in [0, 0.1) is 0 Å². The number of hydrogen-bond donors (Lipinski definition) is 0. The molecule has 0 N–H and O–H groups in total. The normalized spacial score (nSPS) is 8.14. The van der Waals surface area contributed by atoms with Crippen molar-refractivity contribution in [3.8, 4) is 0 Å². The van der Waals surface area contributed by atoms with E-state index in [4.69, 9.17) is 0 Å². The molecule has 1 nitrogen and oxygen atoms in total. The molecule has 0 bridgehead atoms. The van der Waals surface area contributed by atoms with E-state index in [0.29, 0.717) is 12.8 Å². The van der Waals surface area contributed by atoms with Crippen LogP contribution in [0.25, 0.3) is 0 Å². The van der Waals surface area contributed by atoms with Crippen molar-refractivity contribution in [3.05, 3.63) is 0 Å². The van der Waals surface area contributed by atoms with Gasteiger partial charge in [-0.25, -0.2) is 0 Å². The van der Waals surface area contributed by atoms with Crippen LogP contribution in [0.5, 0.6) is 0 Å². The van der Waals surface area contributed by atoms with E-state index in [9.17, 15) is 4.79 Å². The van der Waals surface area contributed by atoms with Gasteiger partial charge >= 0.3 is 0 Å². The van der Waals surface area contributed by atoms with E-state index in [1.165, 1.54) is 0 Å². The molecule has 0 aliphatic heterocycles. The maximum absolute atomic E-state index is 10.1. The summed E-state index contributed by atoms with van der Waals surface area (Å²) in [7, 11) is 0. The fraction of sp³-hybridized carbons (Fsp3) is 0.600. The SMILES string of the molecule is CC(=O)CC[C]=S. The van der Waals surface area contributed by atoms with Crippen molar-refractivity contribution in [2.24, 2.45) is 0 Å². The number of thiocarbonyl (C=S) groups is 1. The van der Waals surface area contributed by atoms with Crippen molar-refractivity contribution in [1.82, 2.24) is 0 Å². The summed E-state index contributed by atoms with van der Waals surface area (Å²) < 4.78 is 0. The van der Waals surface area contributed by atoms with Crippen LogP contribution in [0.2, 0.25) is 0 Å². The Labute approximate surface area is 48.7 Å².